The molecule has 0 aromatic rings. The van der Waals surface area contributed by atoms with Crippen LogP contribution in [-0.4, -0.2) is 23.3 Å². The number of allylic oxidation sites excluding steroid dienone is 4. The Morgan fingerprint density at radius 1 is 1.25 bits per heavy atom. The quantitative estimate of drug-likeness (QED) is 0.844. The molecule has 130 valence electrons. The molecule has 0 unspecified atom stereocenters. The van der Waals surface area contributed by atoms with E-state index in [9.17, 15) is 14.7 Å². The zero-order valence-electron chi connectivity index (χ0n) is 14.8. The first-order chi connectivity index (χ1) is 11.4. The van der Waals surface area contributed by atoms with Gasteiger partial charge in [-0.05, 0) is 75.4 Å². The first-order valence-electron chi connectivity index (χ1n) is 9.48. The van der Waals surface area contributed by atoms with Gasteiger partial charge in [0, 0.05) is 23.4 Å². The monoisotopic (exact) mass is 328 g/mol. The fourth-order valence-corrected chi connectivity index (χ4v) is 6.92. The van der Waals surface area contributed by atoms with Gasteiger partial charge in [-0.2, -0.15) is 0 Å². The molecule has 3 fully saturated rings. The molecule has 4 rings (SSSR count). The highest BCUT2D eigenvalue weighted by Gasteiger charge is 2.60. The van der Waals surface area contributed by atoms with E-state index in [1.807, 2.05) is 6.08 Å². The largest absolute Gasteiger partial charge is 0.396 e. The van der Waals surface area contributed by atoms with E-state index in [0.29, 0.717) is 17.8 Å². The Hall–Kier alpha value is -1.22. The number of aliphatic hydroxyl groups is 1. The standard InChI is InChI=1S/C21H28O3/c1-13(23)17-5-6-19-16-4-3-14-11-15(24)7-9-20(14,2)18(16)8-10-21(17,19)12-22/h7,9,11,16-19,22H,3-6,8,10,12H2,1-2H3/t16-,17-,18+,19+,20+,21+/m1/s1. The van der Waals surface area contributed by atoms with Crippen molar-refractivity contribution in [3.05, 3.63) is 23.8 Å². The van der Waals surface area contributed by atoms with Crippen LogP contribution in [0.2, 0.25) is 0 Å². The number of aliphatic hydroxyl groups excluding tert-OH is 1. The molecular formula is C21H28O3. The van der Waals surface area contributed by atoms with Crippen LogP contribution in [0.4, 0.5) is 0 Å². The van der Waals surface area contributed by atoms with Gasteiger partial charge in [-0.3, -0.25) is 9.59 Å². The smallest absolute Gasteiger partial charge is 0.178 e. The second-order valence-corrected chi connectivity index (χ2v) is 8.77. The van der Waals surface area contributed by atoms with Crippen molar-refractivity contribution < 1.29 is 14.7 Å². The third-order valence-corrected chi connectivity index (χ3v) is 8.06. The molecule has 6 atom stereocenters. The topological polar surface area (TPSA) is 54.4 Å². The molecule has 3 nitrogen and oxygen atoms in total. The van der Waals surface area contributed by atoms with Crippen molar-refractivity contribution in [2.24, 2.45) is 34.5 Å². The third-order valence-electron chi connectivity index (χ3n) is 8.06. The molecule has 4 aliphatic carbocycles. The van der Waals surface area contributed by atoms with Crippen LogP contribution in [0.25, 0.3) is 0 Å². The summed E-state index contributed by atoms with van der Waals surface area (Å²) in [4.78, 5) is 24.0. The second-order valence-electron chi connectivity index (χ2n) is 8.77. The third kappa shape index (κ3) is 2.00. The van der Waals surface area contributed by atoms with Gasteiger partial charge in [0.15, 0.2) is 5.78 Å². The van der Waals surface area contributed by atoms with Crippen molar-refractivity contribution in [3.8, 4) is 0 Å². The Labute approximate surface area is 144 Å². The first-order valence-corrected chi connectivity index (χ1v) is 9.48. The lowest BCUT2D eigenvalue weighted by molar-refractivity contribution is -0.132. The first kappa shape index (κ1) is 16.3. The van der Waals surface area contributed by atoms with Crippen LogP contribution in [0.3, 0.4) is 0 Å². The van der Waals surface area contributed by atoms with Gasteiger partial charge < -0.3 is 5.11 Å². The molecule has 0 saturated heterocycles. The highest BCUT2D eigenvalue weighted by Crippen LogP contribution is 2.65. The van der Waals surface area contributed by atoms with Gasteiger partial charge >= 0.3 is 0 Å². The van der Waals surface area contributed by atoms with Crippen LogP contribution in [-0.2, 0) is 9.59 Å². The van der Waals surface area contributed by atoms with Crippen LogP contribution in [0.15, 0.2) is 23.8 Å². The van der Waals surface area contributed by atoms with E-state index in [1.54, 1.807) is 13.0 Å². The van der Waals surface area contributed by atoms with Crippen molar-refractivity contribution in [3.63, 3.8) is 0 Å². The fourth-order valence-electron chi connectivity index (χ4n) is 6.92. The Morgan fingerprint density at radius 2 is 2.04 bits per heavy atom. The summed E-state index contributed by atoms with van der Waals surface area (Å²) < 4.78 is 0. The average Bonchev–Trinajstić information content (AvgIpc) is 2.95. The second kappa shape index (κ2) is 5.39. The van der Waals surface area contributed by atoms with E-state index < -0.39 is 0 Å². The Morgan fingerprint density at radius 3 is 2.75 bits per heavy atom. The van der Waals surface area contributed by atoms with E-state index in [0.717, 1.165) is 38.5 Å². The molecule has 3 heteroatoms. The summed E-state index contributed by atoms with van der Waals surface area (Å²) in [6, 6.07) is 0. The minimum absolute atomic E-state index is 0.00719. The van der Waals surface area contributed by atoms with Gasteiger partial charge in [-0.1, -0.05) is 18.6 Å². The summed E-state index contributed by atoms with van der Waals surface area (Å²) in [7, 11) is 0. The summed E-state index contributed by atoms with van der Waals surface area (Å²) in [5, 5.41) is 10.3. The molecule has 1 N–H and O–H groups in total. The number of hydrogen-bond acceptors (Lipinski definition) is 3. The van der Waals surface area contributed by atoms with Gasteiger partial charge in [-0.25, -0.2) is 0 Å². The summed E-state index contributed by atoms with van der Waals surface area (Å²) in [6.45, 7) is 4.15. The summed E-state index contributed by atoms with van der Waals surface area (Å²) >= 11 is 0. The lowest BCUT2D eigenvalue weighted by Gasteiger charge is -2.57. The highest BCUT2D eigenvalue weighted by atomic mass is 16.3. The van der Waals surface area contributed by atoms with Gasteiger partial charge in [0.05, 0.1) is 0 Å². The molecule has 0 amide bonds. The normalized spacial score (nSPS) is 46.8. The molecule has 4 aliphatic rings. The van der Waals surface area contributed by atoms with Gasteiger partial charge in [0.1, 0.15) is 5.78 Å². The van der Waals surface area contributed by atoms with Crippen LogP contribution < -0.4 is 0 Å². The maximum atomic E-state index is 12.2. The van der Waals surface area contributed by atoms with Crippen molar-refractivity contribution in [2.75, 3.05) is 6.61 Å². The lowest BCUT2D eigenvalue weighted by Crippen LogP contribution is -2.52. The number of hydrogen-bond donors (Lipinski definition) is 1. The molecule has 0 radical (unpaired) electrons. The van der Waals surface area contributed by atoms with Crippen molar-refractivity contribution in [2.45, 2.75) is 52.4 Å². The minimum Gasteiger partial charge on any atom is -0.396 e. The molecule has 3 saturated carbocycles. The number of fused-ring (bicyclic) bond motifs is 5. The Balaban J connectivity index is 1.70. The molecule has 0 spiro atoms. The molecule has 0 aromatic heterocycles. The SMILES string of the molecule is CC(=O)[C@H]1CC[C@H]2[C@@H]3CCC4=CC(=O)C=C[C@]4(C)[C@H]3CC[C@]12CO. The highest BCUT2D eigenvalue weighted by molar-refractivity contribution is 6.01. The van der Waals surface area contributed by atoms with Crippen molar-refractivity contribution >= 4 is 11.6 Å². The number of Topliss-reactive ketones (excluding diaryl/α,β-unsaturated/α-hetero) is 1. The number of carbonyl (C=O) groups excluding carboxylic acids is 2. The Kier molecular flexibility index (Phi) is 3.65. The number of carbonyl (C=O) groups is 2. The van der Waals surface area contributed by atoms with E-state index in [4.69, 9.17) is 0 Å². The number of ketones is 2. The predicted octanol–water partition coefficient (Wildman–Crippen LogP) is 3.47. The van der Waals surface area contributed by atoms with Crippen LogP contribution >= 0.6 is 0 Å². The van der Waals surface area contributed by atoms with Crippen molar-refractivity contribution in [1.82, 2.24) is 0 Å². The van der Waals surface area contributed by atoms with Crippen LogP contribution in [0.5, 0.6) is 0 Å². The fraction of sp³-hybridized carbons (Fsp3) is 0.714. The van der Waals surface area contributed by atoms with Crippen molar-refractivity contribution in [1.29, 1.82) is 0 Å². The van der Waals surface area contributed by atoms with E-state index in [-0.39, 0.29) is 34.9 Å². The molecule has 0 aromatic carbocycles. The summed E-state index contributed by atoms with van der Waals surface area (Å²) in [5.74, 6) is 1.99. The van der Waals surface area contributed by atoms with Crippen LogP contribution in [0.1, 0.15) is 52.4 Å². The van der Waals surface area contributed by atoms with Gasteiger partial charge in [0.2, 0.25) is 0 Å². The number of rotatable bonds is 2. The molecular weight excluding hydrogens is 300 g/mol. The molecule has 24 heavy (non-hydrogen) atoms. The van der Waals surface area contributed by atoms with E-state index in [1.165, 1.54) is 5.57 Å². The minimum atomic E-state index is -0.182. The molecule has 0 bridgehead atoms. The van der Waals surface area contributed by atoms with E-state index >= 15 is 0 Å². The molecule has 0 aliphatic heterocycles. The summed E-state index contributed by atoms with van der Waals surface area (Å²) in [6.07, 6.45) is 11.8. The lowest BCUT2D eigenvalue weighted by atomic mass is 9.47. The summed E-state index contributed by atoms with van der Waals surface area (Å²) in [5.41, 5.74) is 1.11. The maximum Gasteiger partial charge on any atom is 0.178 e. The van der Waals surface area contributed by atoms with Gasteiger partial charge in [0.25, 0.3) is 0 Å². The average molecular weight is 328 g/mol. The van der Waals surface area contributed by atoms with Crippen LogP contribution in [0, 0.1) is 34.5 Å². The Bertz CT molecular complexity index is 645. The zero-order chi connectivity index (χ0) is 17.1. The predicted molar refractivity (Wildman–Crippen MR) is 92.2 cm³/mol. The maximum absolute atomic E-state index is 12.2. The van der Waals surface area contributed by atoms with E-state index in [2.05, 4.69) is 13.0 Å². The van der Waals surface area contributed by atoms with Gasteiger partial charge in [-0.15, -0.1) is 0 Å². The zero-order valence-corrected chi connectivity index (χ0v) is 14.8. The molecule has 0 heterocycles.